The van der Waals surface area contributed by atoms with Crippen LogP contribution in [0.2, 0.25) is 0 Å². The number of anilines is 2. The van der Waals surface area contributed by atoms with Gasteiger partial charge in [-0.25, -0.2) is 26.5 Å². The Morgan fingerprint density at radius 3 is 2.50 bits per heavy atom. The van der Waals surface area contributed by atoms with Gasteiger partial charge < -0.3 is 15.8 Å². The molecule has 1 heterocycles. The van der Waals surface area contributed by atoms with Gasteiger partial charge in [-0.15, -0.1) is 0 Å². The maximum atomic E-state index is 14.4. The molecule has 0 aliphatic heterocycles. The number of ether oxygens (including phenoxy) is 1. The molecule has 32 heavy (non-hydrogen) atoms. The van der Waals surface area contributed by atoms with Crippen molar-refractivity contribution in [3.63, 3.8) is 0 Å². The molecule has 1 saturated carbocycles. The SMILES string of the molecule is COc1ccc(F)c(F)c1C(=S)c1cnc(NC2CCC(N(C)S(C)(=O)=O)CC2)nc1N. The molecule has 0 unspecified atom stereocenters. The number of aromatic nitrogens is 2. The van der Waals surface area contributed by atoms with Gasteiger partial charge in [-0.05, 0) is 37.8 Å². The molecule has 8 nitrogen and oxygen atoms in total. The molecule has 12 heteroatoms. The van der Waals surface area contributed by atoms with Crippen molar-refractivity contribution in [2.24, 2.45) is 0 Å². The lowest BCUT2D eigenvalue weighted by Gasteiger charge is -2.33. The van der Waals surface area contributed by atoms with Crippen molar-refractivity contribution in [2.45, 2.75) is 37.8 Å². The van der Waals surface area contributed by atoms with Crippen molar-refractivity contribution in [3.05, 3.63) is 41.1 Å². The van der Waals surface area contributed by atoms with E-state index in [2.05, 4.69) is 15.3 Å². The van der Waals surface area contributed by atoms with Crippen LogP contribution in [0.25, 0.3) is 0 Å². The molecule has 1 aromatic carbocycles. The molecular formula is C20H25F2N5O3S2. The molecule has 0 atom stereocenters. The molecular weight excluding hydrogens is 460 g/mol. The predicted molar refractivity (Wildman–Crippen MR) is 122 cm³/mol. The van der Waals surface area contributed by atoms with Crippen molar-refractivity contribution >= 4 is 38.9 Å². The van der Waals surface area contributed by atoms with Crippen LogP contribution in [0.5, 0.6) is 5.75 Å². The van der Waals surface area contributed by atoms with Crippen LogP contribution in [-0.2, 0) is 10.0 Å². The topological polar surface area (TPSA) is 110 Å². The third kappa shape index (κ3) is 5.13. The van der Waals surface area contributed by atoms with Gasteiger partial charge in [0.15, 0.2) is 11.6 Å². The highest BCUT2D eigenvalue weighted by Gasteiger charge is 2.29. The summed E-state index contributed by atoms with van der Waals surface area (Å²) in [6.45, 7) is 0. The largest absolute Gasteiger partial charge is 0.496 e. The zero-order valence-electron chi connectivity index (χ0n) is 17.9. The molecule has 3 rings (SSSR count). The first kappa shape index (κ1) is 24.2. The number of nitrogens with two attached hydrogens (primary N) is 1. The molecule has 0 saturated heterocycles. The monoisotopic (exact) mass is 485 g/mol. The maximum Gasteiger partial charge on any atom is 0.224 e. The standard InChI is InChI=1S/C20H25F2N5O3S2/c1-27(32(3,28)29)12-6-4-11(5-7-12)25-20-24-10-13(19(23)26-20)18(31)16-15(30-2)9-8-14(21)17(16)22/h8-12H,4-7H2,1-3H3,(H3,23,24,25,26). The number of hydrogen-bond donors (Lipinski definition) is 2. The molecule has 0 radical (unpaired) electrons. The van der Waals surface area contributed by atoms with Crippen molar-refractivity contribution in [1.29, 1.82) is 0 Å². The predicted octanol–water partition coefficient (Wildman–Crippen LogP) is 2.73. The summed E-state index contributed by atoms with van der Waals surface area (Å²) in [5.74, 6) is -1.82. The van der Waals surface area contributed by atoms with Crippen LogP contribution >= 0.6 is 12.2 Å². The maximum absolute atomic E-state index is 14.4. The summed E-state index contributed by atoms with van der Waals surface area (Å²) in [4.78, 5) is 8.38. The molecule has 174 valence electrons. The first-order chi connectivity index (χ1) is 15.0. The van der Waals surface area contributed by atoms with Crippen LogP contribution < -0.4 is 15.8 Å². The number of sulfonamides is 1. The average molecular weight is 486 g/mol. The third-order valence-electron chi connectivity index (χ3n) is 5.63. The van der Waals surface area contributed by atoms with Gasteiger partial charge in [-0.3, -0.25) is 0 Å². The first-order valence-electron chi connectivity index (χ1n) is 9.91. The summed E-state index contributed by atoms with van der Waals surface area (Å²) in [6.07, 6.45) is 5.44. The number of nitrogens with one attached hydrogen (secondary N) is 1. The molecule has 2 aromatic rings. The number of halogens is 2. The van der Waals surface area contributed by atoms with Gasteiger partial charge in [-0.2, -0.15) is 4.98 Å². The highest BCUT2D eigenvalue weighted by atomic mass is 32.2. The van der Waals surface area contributed by atoms with E-state index in [0.717, 1.165) is 18.9 Å². The summed E-state index contributed by atoms with van der Waals surface area (Å²) < 4.78 is 58.1. The Hall–Kier alpha value is -2.44. The Labute approximate surface area is 191 Å². The van der Waals surface area contributed by atoms with Gasteiger partial charge in [0.1, 0.15) is 11.6 Å². The Morgan fingerprint density at radius 2 is 1.94 bits per heavy atom. The second kappa shape index (κ2) is 9.59. The van der Waals surface area contributed by atoms with Crippen LogP contribution in [0.3, 0.4) is 0 Å². The van der Waals surface area contributed by atoms with Gasteiger partial charge in [0.2, 0.25) is 16.0 Å². The van der Waals surface area contributed by atoms with E-state index in [0.29, 0.717) is 12.8 Å². The van der Waals surface area contributed by atoms with Crippen molar-refractivity contribution in [1.82, 2.24) is 14.3 Å². The van der Waals surface area contributed by atoms with E-state index in [4.69, 9.17) is 22.7 Å². The second-order valence-electron chi connectivity index (χ2n) is 7.69. The van der Waals surface area contributed by atoms with E-state index >= 15 is 0 Å². The first-order valence-corrected chi connectivity index (χ1v) is 12.2. The second-order valence-corrected chi connectivity index (χ2v) is 10.1. The summed E-state index contributed by atoms with van der Waals surface area (Å²) >= 11 is 5.33. The molecule has 1 aliphatic rings. The molecule has 1 fully saturated rings. The number of nitrogens with zero attached hydrogens (tertiary/aromatic N) is 3. The Morgan fingerprint density at radius 1 is 1.28 bits per heavy atom. The average Bonchev–Trinajstić information content (AvgIpc) is 2.74. The van der Waals surface area contributed by atoms with Crippen LogP contribution in [0.4, 0.5) is 20.5 Å². The lowest BCUT2D eigenvalue weighted by molar-refractivity contribution is 0.276. The third-order valence-corrected chi connectivity index (χ3v) is 7.40. The Balaban J connectivity index is 1.72. The zero-order chi connectivity index (χ0) is 23.6. The fourth-order valence-electron chi connectivity index (χ4n) is 3.73. The van der Waals surface area contributed by atoms with E-state index in [-0.39, 0.29) is 45.6 Å². The summed E-state index contributed by atoms with van der Waals surface area (Å²) in [6, 6.07) is 2.25. The lowest BCUT2D eigenvalue weighted by atomic mass is 9.91. The normalized spacial score (nSPS) is 19.1. The fraction of sp³-hybridized carbons (Fsp3) is 0.450. The highest BCUT2D eigenvalue weighted by Crippen LogP contribution is 2.29. The van der Waals surface area contributed by atoms with Gasteiger partial charge in [0, 0.05) is 25.3 Å². The van der Waals surface area contributed by atoms with Crippen molar-refractivity contribution < 1.29 is 21.9 Å². The quantitative estimate of drug-likeness (QED) is 0.455. The summed E-state index contributed by atoms with van der Waals surface area (Å²) in [5.41, 5.74) is 6.02. The van der Waals surface area contributed by atoms with Crippen LogP contribution in [0, 0.1) is 11.6 Å². The number of hydrogen-bond acceptors (Lipinski definition) is 8. The van der Waals surface area contributed by atoms with Crippen LogP contribution in [0.15, 0.2) is 18.3 Å². The van der Waals surface area contributed by atoms with E-state index in [9.17, 15) is 17.2 Å². The smallest absolute Gasteiger partial charge is 0.224 e. The van der Waals surface area contributed by atoms with Gasteiger partial charge >= 0.3 is 0 Å². The summed E-state index contributed by atoms with van der Waals surface area (Å²) in [7, 11) is -0.310. The fourth-order valence-corrected chi connectivity index (χ4v) is 4.83. The Kier molecular flexibility index (Phi) is 7.25. The number of methoxy groups -OCH3 is 1. The van der Waals surface area contributed by atoms with E-state index < -0.39 is 21.7 Å². The van der Waals surface area contributed by atoms with E-state index in [1.807, 2.05) is 0 Å². The number of benzene rings is 1. The highest BCUT2D eigenvalue weighted by molar-refractivity contribution is 7.88. The molecule has 3 N–H and O–H groups in total. The van der Waals surface area contributed by atoms with Gasteiger partial charge in [-0.1, -0.05) is 12.2 Å². The number of thiocarbonyl (C=S) groups is 1. The summed E-state index contributed by atoms with van der Waals surface area (Å²) in [5, 5.41) is 3.20. The van der Waals surface area contributed by atoms with E-state index in [1.54, 1.807) is 7.05 Å². The minimum absolute atomic E-state index is 0.0173. The molecule has 0 spiro atoms. The van der Waals surface area contributed by atoms with Crippen LogP contribution in [0.1, 0.15) is 36.8 Å². The van der Waals surface area contributed by atoms with Crippen molar-refractivity contribution in [3.8, 4) is 5.75 Å². The zero-order valence-corrected chi connectivity index (χ0v) is 19.6. The molecule has 1 aliphatic carbocycles. The lowest BCUT2D eigenvalue weighted by Crippen LogP contribution is -2.41. The van der Waals surface area contributed by atoms with Gasteiger partial charge in [0.05, 0.1) is 29.4 Å². The van der Waals surface area contributed by atoms with E-state index in [1.165, 1.54) is 29.9 Å². The minimum Gasteiger partial charge on any atom is -0.496 e. The van der Waals surface area contributed by atoms with Crippen LogP contribution in [-0.4, -0.2) is 60.1 Å². The van der Waals surface area contributed by atoms with Gasteiger partial charge in [0.25, 0.3) is 0 Å². The molecule has 0 amide bonds. The molecule has 1 aromatic heterocycles. The minimum atomic E-state index is -3.23. The number of rotatable bonds is 7. The molecule has 0 bridgehead atoms. The Bertz CT molecular complexity index is 1120. The number of nitrogen functional groups attached to an aromatic ring is 1. The van der Waals surface area contributed by atoms with Crippen molar-refractivity contribution in [2.75, 3.05) is 31.5 Å².